The van der Waals surface area contributed by atoms with Crippen molar-refractivity contribution in [3.8, 4) is 6.07 Å². The van der Waals surface area contributed by atoms with Crippen LogP contribution in [0.3, 0.4) is 0 Å². The number of hydrogen-bond donors (Lipinski definition) is 2. The van der Waals surface area contributed by atoms with Gasteiger partial charge < -0.3 is 10.6 Å². The third kappa shape index (κ3) is 4.66. The van der Waals surface area contributed by atoms with E-state index in [0.717, 1.165) is 25.7 Å². The Morgan fingerprint density at radius 1 is 1.22 bits per heavy atom. The molecule has 2 N–H and O–H groups in total. The van der Waals surface area contributed by atoms with Crippen LogP contribution in [0.2, 0.25) is 0 Å². The SMILES string of the molecule is CC(C)NC(=O)C(C)NC1CCCCCC1C#N. The van der Waals surface area contributed by atoms with E-state index in [-0.39, 0.29) is 30.0 Å². The predicted molar refractivity (Wildman–Crippen MR) is 71.9 cm³/mol. The summed E-state index contributed by atoms with van der Waals surface area (Å²) in [5.41, 5.74) is 0. The molecule has 1 saturated carbocycles. The number of nitriles is 1. The molecule has 3 unspecified atom stereocenters. The molecule has 1 aliphatic rings. The normalized spacial score (nSPS) is 26.2. The fraction of sp³-hybridized carbons (Fsp3) is 0.857. The highest BCUT2D eigenvalue weighted by molar-refractivity contribution is 5.81. The van der Waals surface area contributed by atoms with E-state index < -0.39 is 0 Å². The highest BCUT2D eigenvalue weighted by Gasteiger charge is 2.26. The average molecular weight is 251 g/mol. The van der Waals surface area contributed by atoms with Gasteiger partial charge in [-0.05, 0) is 33.6 Å². The van der Waals surface area contributed by atoms with Crippen LogP contribution in [0, 0.1) is 17.2 Å². The van der Waals surface area contributed by atoms with Crippen molar-refractivity contribution in [1.82, 2.24) is 10.6 Å². The number of nitrogens with one attached hydrogen (secondary N) is 2. The monoisotopic (exact) mass is 251 g/mol. The first-order valence-corrected chi connectivity index (χ1v) is 7.00. The van der Waals surface area contributed by atoms with E-state index in [1.165, 1.54) is 6.42 Å². The van der Waals surface area contributed by atoms with Crippen LogP contribution < -0.4 is 10.6 Å². The van der Waals surface area contributed by atoms with Crippen molar-refractivity contribution in [1.29, 1.82) is 5.26 Å². The van der Waals surface area contributed by atoms with Gasteiger partial charge in [-0.1, -0.05) is 19.3 Å². The van der Waals surface area contributed by atoms with Crippen LogP contribution in [-0.2, 0) is 4.79 Å². The first-order valence-electron chi connectivity index (χ1n) is 7.00. The molecule has 0 bridgehead atoms. The Labute approximate surface area is 110 Å². The second kappa shape index (κ2) is 7.38. The highest BCUT2D eigenvalue weighted by atomic mass is 16.2. The van der Waals surface area contributed by atoms with E-state index in [9.17, 15) is 10.1 Å². The Bertz CT molecular complexity index is 309. The molecule has 3 atom stereocenters. The van der Waals surface area contributed by atoms with Gasteiger partial charge in [0.05, 0.1) is 18.0 Å². The molecule has 1 rings (SSSR count). The Morgan fingerprint density at radius 2 is 1.89 bits per heavy atom. The van der Waals surface area contributed by atoms with Gasteiger partial charge in [0.15, 0.2) is 0 Å². The molecule has 0 heterocycles. The lowest BCUT2D eigenvalue weighted by Crippen LogP contribution is -2.50. The summed E-state index contributed by atoms with van der Waals surface area (Å²) < 4.78 is 0. The summed E-state index contributed by atoms with van der Waals surface area (Å²) in [6, 6.07) is 2.47. The molecule has 4 nitrogen and oxygen atoms in total. The summed E-state index contributed by atoms with van der Waals surface area (Å²) in [6.45, 7) is 5.78. The number of carbonyl (C=O) groups excluding carboxylic acids is 1. The fourth-order valence-corrected chi connectivity index (χ4v) is 2.47. The molecule has 1 fully saturated rings. The molecule has 1 aliphatic carbocycles. The lowest BCUT2D eigenvalue weighted by Gasteiger charge is -2.25. The molecule has 0 spiro atoms. The maximum absolute atomic E-state index is 11.9. The van der Waals surface area contributed by atoms with E-state index in [1.807, 2.05) is 20.8 Å². The molecule has 102 valence electrons. The van der Waals surface area contributed by atoms with Gasteiger partial charge >= 0.3 is 0 Å². The maximum Gasteiger partial charge on any atom is 0.237 e. The largest absolute Gasteiger partial charge is 0.353 e. The first-order chi connectivity index (χ1) is 8.54. The number of nitrogens with zero attached hydrogens (tertiary/aromatic N) is 1. The highest BCUT2D eigenvalue weighted by Crippen LogP contribution is 2.23. The van der Waals surface area contributed by atoms with Gasteiger partial charge in [0, 0.05) is 12.1 Å². The minimum absolute atomic E-state index is 0.0194. The summed E-state index contributed by atoms with van der Waals surface area (Å²) in [6.07, 6.45) is 5.42. The maximum atomic E-state index is 11.9. The standard InChI is InChI=1S/C14H25N3O/c1-10(2)16-14(18)11(3)17-13-8-6-4-5-7-12(13)9-15/h10-13,17H,4-8H2,1-3H3,(H,16,18). The van der Waals surface area contributed by atoms with Crippen molar-refractivity contribution in [2.24, 2.45) is 5.92 Å². The summed E-state index contributed by atoms with van der Waals surface area (Å²) in [4.78, 5) is 11.9. The zero-order valence-electron chi connectivity index (χ0n) is 11.7. The van der Waals surface area contributed by atoms with Gasteiger partial charge in [0.1, 0.15) is 0 Å². The molecule has 0 aromatic heterocycles. The van der Waals surface area contributed by atoms with Gasteiger partial charge in [0.2, 0.25) is 5.91 Å². The van der Waals surface area contributed by atoms with E-state index in [0.29, 0.717) is 0 Å². The Hall–Kier alpha value is -1.08. The molecule has 18 heavy (non-hydrogen) atoms. The van der Waals surface area contributed by atoms with Crippen LogP contribution in [0.25, 0.3) is 0 Å². The Kier molecular flexibility index (Phi) is 6.14. The van der Waals surface area contributed by atoms with E-state index in [2.05, 4.69) is 16.7 Å². The van der Waals surface area contributed by atoms with Gasteiger partial charge in [-0.25, -0.2) is 0 Å². The van der Waals surface area contributed by atoms with Crippen LogP contribution >= 0.6 is 0 Å². The third-order valence-corrected chi connectivity index (χ3v) is 3.47. The molecule has 0 radical (unpaired) electrons. The molecule has 0 saturated heterocycles. The molecular formula is C14H25N3O. The van der Waals surface area contributed by atoms with Crippen LogP contribution in [0.5, 0.6) is 0 Å². The van der Waals surface area contributed by atoms with Gasteiger partial charge in [-0.2, -0.15) is 5.26 Å². The topological polar surface area (TPSA) is 64.9 Å². The van der Waals surface area contributed by atoms with E-state index in [4.69, 9.17) is 0 Å². The fourth-order valence-electron chi connectivity index (χ4n) is 2.47. The van der Waals surface area contributed by atoms with Crippen molar-refractivity contribution < 1.29 is 4.79 Å². The average Bonchev–Trinajstić information content (AvgIpc) is 2.53. The van der Waals surface area contributed by atoms with Crippen molar-refractivity contribution in [3.05, 3.63) is 0 Å². The zero-order valence-corrected chi connectivity index (χ0v) is 11.7. The Morgan fingerprint density at radius 3 is 2.50 bits per heavy atom. The lowest BCUT2D eigenvalue weighted by atomic mass is 9.95. The van der Waals surface area contributed by atoms with E-state index in [1.54, 1.807) is 0 Å². The zero-order chi connectivity index (χ0) is 13.5. The van der Waals surface area contributed by atoms with Crippen molar-refractivity contribution in [2.75, 3.05) is 0 Å². The lowest BCUT2D eigenvalue weighted by molar-refractivity contribution is -0.123. The number of carbonyl (C=O) groups is 1. The summed E-state index contributed by atoms with van der Waals surface area (Å²) >= 11 is 0. The van der Waals surface area contributed by atoms with Gasteiger partial charge in [0.25, 0.3) is 0 Å². The van der Waals surface area contributed by atoms with E-state index >= 15 is 0 Å². The van der Waals surface area contributed by atoms with Crippen LogP contribution in [0.1, 0.15) is 52.9 Å². The van der Waals surface area contributed by atoms with Crippen molar-refractivity contribution in [3.63, 3.8) is 0 Å². The number of amides is 1. The van der Waals surface area contributed by atoms with Crippen LogP contribution in [-0.4, -0.2) is 24.0 Å². The molecular weight excluding hydrogens is 226 g/mol. The first kappa shape index (κ1) is 15.0. The molecule has 0 aromatic carbocycles. The molecule has 0 aromatic rings. The van der Waals surface area contributed by atoms with Crippen LogP contribution in [0.4, 0.5) is 0 Å². The van der Waals surface area contributed by atoms with Gasteiger partial charge in [-0.15, -0.1) is 0 Å². The number of hydrogen-bond acceptors (Lipinski definition) is 3. The van der Waals surface area contributed by atoms with Crippen molar-refractivity contribution in [2.45, 2.75) is 71.0 Å². The third-order valence-electron chi connectivity index (χ3n) is 3.47. The Balaban J connectivity index is 2.52. The quantitative estimate of drug-likeness (QED) is 0.751. The summed E-state index contributed by atoms with van der Waals surface area (Å²) in [7, 11) is 0. The summed E-state index contributed by atoms with van der Waals surface area (Å²) in [5.74, 6) is 0.0627. The number of rotatable bonds is 4. The van der Waals surface area contributed by atoms with Gasteiger partial charge in [-0.3, -0.25) is 4.79 Å². The van der Waals surface area contributed by atoms with Crippen molar-refractivity contribution >= 4 is 5.91 Å². The summed E-state index contributed by atoms with van der Waals surface area (Å²) in [5, 5.41) is 15.4. The molecule has 4 heteroatoms. The predicted octanol–water partition coefficient (Wildman–Crippen LogP) is 1.96. The molecule has 0 aliphatic heterocycles. The minimum Gasteiger partial charge on any atom is -0.353 e. The minimum atomic E-state index is -0.230. The molecule has 1 amide bonds. The smallest absolute Gasteiger partial charge is 0.237 e. The second-order valence-electron chi connectivity index (χ2n) is 5.53. The van der Waals surface area contributed by atoms with Crippen LogP contribution in [0.15, 0.2) is 0 Å². The second-order valence-corrected chi connectivity index (χ2v) is 5.53.